The van der Waals surface area contributed by atoms with Crippen molar-refractivity contribution in [2.75, 3.05) is 0 Å². The summed E-state index contributed by atoms with van der Waals surface area (Å²) >= 11 is 5.81. The maximum atomic E-state index is 10.7. The van der Waals surface area contributed by atoms with Crippen molar-refractivity contribution in [3.63, 3.8) is 0 Å². The van der Waals surface area contributed by atoms with Crippen molar-refractivity contribution in [3.05, 3.63) is 70.2 Å². The van der Waals surface area contributed by atoms with Crippen LogP contribution >= 0.6 is 24.0 Å². The second-order valence-corrected chi connectivity index (χ2v) is 4.67. The van der Waals surface area contributed by atoms with Crippen LogP contribution in [0.4, 0.5) is 0 Å². The summed E-state index contributed by atoms with van der Waals surface area (Å²) in [6, 6.07) is 14.5. The van der Waals surface area contributed by atoms with Crippen molar-refractivity contribution in [2.45, 2.75) is 13.1 Å². The lowest BCUT2D eigenvalue weighted by Crippen LogP contribution is -2.12. The molecule has 0 bridgehead atoms. The lowest BCUT2D eigenvalue weighted by atomic mass is 10.1. The van der Waals surface area contributed by atoms with E-state index in [1.54, 1.807) is 12.1 Å². The standard InChI is InChI=1S/C15H14ClNO2.ClH/c16-14-7-3-12(4-8-14)10-17-9-11-1-5-13(6-2-11)15(18)19;/h1-8,17H,9-10H2,(H,18,19);1H. The summed E-state index contributed by atoms with van der Waals surface area (Å²) in [5, 5.41) is 12.8. The Kier molecular flexibility index (Phi) is 6.52. The summed E-state index contributed by atoms with van der Waals surface area (Å²) in [5.74, 6) is -0.902. The molecule has 0 fully saturated rings. The maximum Gasteiger partial charge on any atom is 0.335 e. The lowest BCUT2D eigenvalue weighted by Gasteiger charge is -2.05. The fourth-order valence-corrected chi connectivity index (χ4v) is 1.84. The number of rotatable bonds is 5. The normalized spacial score (nSPS) is 9.85. The molecule has 0 atom stereocenters. The molecule has 0 heterocycles. The first-order valence-electron chi connectivity index (χ1n) is 5.92. The average molecular weight is 312 g/mol. The van der Waals surface area contributed by atoms with Crippen molar-refractivity contribution < 1.29 is 9.90 Å². The Bertz CT molecular complexity index is 553. The van der Waals surface area contributed by atoms with Crippen LogP contribution in [0, 0.1) is 0 Å². The first-order valence-corrected chi connectivity index (χ1v) is 6.30. The van der Waals surface area contributed by atoms with Crippen molar-refractivity contribution in [1.29, 1.82) is 0 Å². The van der Waals surface area contributed by atoms with Gasteiger partial charge in [0.15, 0.2) is 0 Å². The molecule has 106 valence electrons. The Morgan fingerprint density at radius 2 is 1.40 bits per heavy atom. The summed E-state index contributed by atoms with van der Waals surface area (Å²) in [4.78, 5) is 10.7. The maximum absolute atomic E-state index is 10.7. The minimum Gasteiger partial charge on any atom is -0.478 e. The Labute approximate surface area is 129 Å². The molecule has 0 aliphatic carbocycles. The number of hydrogen-bond acceptors (Lipinski definition) is 2. The van der Waals surface area contributed by atoms with E-state index in [1.807, 2.05) is 36.4 Å². The van der Waals surface area contributed by atoms with Gasteiger partial charge in [-0.2, -0.15) is 0 Å². The first-order chi connectivity index (χ1) is 9.15. The van der Waals surface area contributed by atoms with E-state index in [9.17, 15) is 4.79 Å². The molecule has 3 nitrogen and oxygen atoms in total. The highest BCUT2D eigenvalue weighted by atomic mass is 35.5. The summed E-state index contributed by atoms with van der Waals surface area (Å²) in [6.45, 7) is 1.44. The van der Waals surface area contributed by atoms with Crippen LogP contribution in [0.2, 0.25) is 5.02 Å². The third-order valence-corrected chi connectivity index (χ3v) is 3.02. The van der Waals surface area contributed by atoms with Crippen LogP contribution in [-0.2, 0) is 13.1 Å². The Morgan fingerprint density at radius 1 is 0.950 bits per heavy atom. The molecule has 0 amide bonds. The second-order valence-electron chi connectivity index (χ2n) is 4.23. The van der Waals surface area contributed by atoms with Crippen LogP contribution in [0.5, 0.6) is 0 Å². The van der Waals surface area contributed by atoms with Crippen molar-refractivity contribution in [3.8, 4) is 0 Å². The molecule has 0 saturated heterocycles. The van der Waals surface area contributed by atoms with Gasteiger partial charge in [-0.3, -0.25) is 0 Å². The molecule has 2 N–H and O–H groups in total. The molecular formula is C15H15Cl2NO2. The zero-order valence-electron chi connectivity index (χ0n) is 10.7. The van der Waals surface area contributed by atoms with Gasteiger partial charge in [0, 0.05) is 18.1 Å². The van der Waals surface area contributed by atoms with E-state index in [1.165, 1.54) is 0 Å². The predicted octanol–water partition coefficient (Wildman–Crippen LogP) is 3.75. The Hall–Kier alpha value is -1.55. The summed E-state index contributed by atoms with van der Waals surface area (Å²) in [5.41, 5.74) is 2.52. The van der Waals surface area contributed by atoms with E-state index < -0.39 is 5.97 Å². The van der Waals surface area contributed by atoms with Crippen molar-refractivity contribution in [2.24, 2.45) is 0 Å². The van der Waals surface area contributed by atoms with Crippen LogP contribution in [0.25, 0.3) is 0 Å². The number of carboxylic acids is 1. The zero-order valence-corrected chi connectivity index (χ0v) is 12.2. The van der Waals surface area contributed by atoms with Crippen molar-refractivity contribution >= 4 is 30.0 Å². The minimum atomic E-state index is -0.902. The van der Waals surface area contributed by atoms with Gasteiger partial charge in [-0.1, -0.05) is 35.9 Å². The number of benzene rings is 2. The van der Waals surface area contributed by atoms with Crippen LogP contribution in [0.3, 0.4) is 0 Å². The van der Waals surface area contributed by atoms with Crippen LogP contribution in [0.15, 0.2) is 48.5 Å². The van der Waals surface area contributed by atoms with Gasteiger partial charge in [0.1, 0.15) is 0 Å². The Morgan fingerprint density at radius 3 is 1.85 bits per heavy atom. The number of carboxylic acid groups (broad SMARTS) is 1. The largest absolute Gasteiger partial charge is 0.478 e. The fraction of sp³-hybridized carbons (Fsp3) is 0.133. The highest BCUT2D eigenvalue weighted by Crippen LogP contribution is 2.09. The molecule has 0 aromatic heterocycles. The molecule has 5 heteroatoms. The summed E-state index contributed by atoms with van der Waals surface area (Å²) < 4.78 is 0. The van der Waals surface area contributed by atoms with Crippen molar-refractivity contribution in [1.82, 2.24) is 5.32 Å². The second kappa shape index (κ2) is 7.90. The highest BCUT2D eigenvalue weighted by Gasteiger charge is 2.01. The van der Waals surface area contributed by atoms with Gasteiger partial charge in [-0.05, 0) is 35.4 Å². The Balaban J connectivity index is 0.00000200. The quantitative estimate of drug-likeness (QED) is 0.884. The van der Waals surface area contributed by atoms with E-state index >= 15 is 0 Å². The van der Waals surface area contributed by atoms with Gasteiger partial charge in [0.2, 0.25) is 0 Å². The predicted molar refractivity (Wildman–Crippen MR) is 82.6 cm³/mol. The van der Waals surface area contributed by atoms with Crippen LogP contribution in [-0.4, -0.2) is 11.1 Å². The van der Waals surface area contributed by atoms with Gasteiger partial charge in [0.25, 0.3) is 0 Å². The van der Waals surface area contributed by atoms with Crippen LogP contribution in [0.1, 0.15) is 21.5 Å². The molecular weight excluding hydrogens is 297 g/mol. The lowest BCUT2D eigenvalue weighted by molar-refractivity contribution is 0.0697. The molecule has 0 aliphatic rings. The fourth-order valence-electron chi connectivity index (χ4n) is 1.72. The van der Waals surface area contributed by atoms with E-state index in [-0.39, 0.29) is 12.4 Å². The van der Waals surface area contributed by atoms with E-state index in [0.717, 1.165) is 22.7 Å². The highest BCUT2D eigenvalue weighted by molar-refractivity contribution is 6.30. The molecule has 2 rings (SSSR count). The number of nitrogens with one attached hydrogen (secondary N) is 1. The number of hydrogen-bond donors (Lipinski definition) is 2. The number of halogens is 2. The number of carbonyl (C=O) groups is 1. The minimum absolute atomic E-state index is 0. The van der Waals surface area contributed by atoms with E-state index in [4.69, 9.17) is 16.7 Å². The van der Waals surface area contributed by atoms with E-state index in [2.05, 4.69) is 5.32 Å². The zero-order chi connectivity index (χ0) is 13.7. The van der Waals surface area contributed by atoms with Gasteiger partial charge in [-0.15, -0.1) is 12.4 Å². The smallest absolute Gasteiger partial charge is 0.335 e. The third kappa shape index (κ3) is 4.85. The van der Waals surface area contributed by atoms with E-state index in [0.29, 0.717) is 12.1 Å². The SMILES string of the molecule is Cl.O=C(O)c1ccc(CNCc2ccc(Cl)cc2)cc1. The molecule has 0 saturated carbocycles. The summed E-state index contributed by atoms with van der Waals surface area (Å²) in [6.07, 6.45) is 0. The van der Waals surface area contributed by atoms with Crippen LogP contribution < -0.4 is 5.32 Å². The first kappa shape index (κ1) is 16.5. The van der Waals surface area contributed by atoms with Gasteiger partial charge in [0.05, 0.1) is 5.56 Å². The van der Waals surface area contributed by atoms with Gasteiger partial charge in [-0.25, -0.2) is 4.79 Å². The summed E-state index contributed by atoms with van der Waals surface area (Å²) in [7, 11) is 0. The molecule has 0 spiro atoms. The van der Waals surface area contributed by atoms with Gasteiger partial charge >= 0.3 is 5.97 Å². The average Bonchev–Trinajstić information content (AvgIpc) is 2.41. The number of aromatic carboxylic acids is 1. The molecule has 2 aromatic carbocycles. The molecule has 0 unspecified atom stereocenters. The van der Waals surface area contributed by atoms with Gasteiger partial charge < -0.3 is 10.4 Å². The molecule has 0 radical (unpaired) electrons. The molecule has 2 aromatic rings. The monoisotopic (exact) mass is 311 g/mol. The molecule has 0 aliphatic heterocycles. The third-order valence-electron chi connectivity index (χ3n) is 2.77. The molecule has 20 heavy (non-hydrogen) atoms. The topological polar surface area (TPSA) is 49.3 Å².